The average Bonchev–Trinajstić information content (AvgIpc) is 2.60. The molecule has 0 unspecified atom stereocenters. The van der Waals surface area contributed by atoms with Crippen molar-refractivity contribution in [1.29, 1.82) is 0 Å². The van der Waals surface area contributed by atoms with E-state index < -0.39 is 10.0 Å². The maximum atomic E-state index is 12.5. The fraction of sp³-hybridized carbons (Fsp3) is 0.278. The van der Waals surface area contributed by atoms with E-state index >= 15 is 0 Å². The highest BCUT2D eigenvalue weighted by Gasteiger charge is 2.24. The molecule has 6 nitrogen and oxygen atoms in total. The first-order valence-electron chi connectivity index (χ1n) is 7.95. The van der Waals surface area contributed by atoms with Gasteiger partial charge < -0.3 is 10.1 Å². The predicted molar refractivity (Wildman–Crippen MR) is 97.9 cm³/mol. The highest BCUT2D eigenvalue weighted by Crippen LogP contribution is 2.31. The number of aryl methyl sites for hydroxylation is 1. The number of hydrogen-bond donors (Lipinski definition) is 1. The standard InChI is InChI=1S/C18H20N2O4S/c1-24-17-8-4-3-7-15(17)18(21)19-14-9-10-16-13(12-14)6-5-11-20(16)25(2,22)23/h3-4,7-10,12H,5-6,11H2,1-2H3,(H,19,21). The Kier molecular flexibility index (Phi) is 4.67. The number of carbonyl (C=O) groups excluding carboxylic acids is 1. The zero-order valence-corrected chi connectivity index (χ0v) is 15.0. The third-order valence-electron chi connectivity index (χ3n) is 4.17. The van der Waals surface area contributed by atoms with Gasteiger partial charge in [-0.1, -0.05) is 12.1 Å². The second kappa shape index (κ2) is 6.76. The Bertz CT molecular complexity index is 909. The van der Waals surface area contributed by atoms with Crippen LogP contribution in [0.1, 0.15) is 22.3 Å². The van der Waals surface area contributed by atoms with Crippen LogP contribution in [0.2, 0.25) is 0 Å². The summed E-state index contributed by atoms with van der Waals surface area (Å²) in [5.41, 5.74) is 2.67. The Balaban J connectivity index is 1.87. The normalized spacial score (nSPS) is 13.9. The number of rotatable bonds is 4. The highest BCUT2D eigenvalue weighted by atomic mass is 32.2. The number of carbonyl (C=O) groups is 1. The summed E-state index contributed by atoms with van der Waals surface area (Å²) in [4.78, 5) is 12.5. The van der Waals surface area contributed by atoms with Gasteiger partial charge in [-0.3, -0.25) is 9.10 Å². The Morgan fingerprint density at radius 2 is 1.96 bits per heavy atom. The van der Waals surface area contributed by atoms with Crippen LogP contribution in [0.25, 0.3) is 0 Å². The Morgan fingerprint density at radius 1 is 1.20 bits per heavy atom. The molecule has 0 radical (unpaired) electrons. The van der Waals surface area contributed by atoms with Gasteiger partial charge in [0.05, 0.1) is 24.6 Å². The fourth-order valence-corrected chi connectivity index (χ4v) is 4.01. The van der Waals surface area contributed by atoms with E-state index in [4.69, 9.17) is 4.74 Å². The molecular formula is C18H20N2O4S. The number of nitrogens with one attached hydrogen (secondary N) is 1. The number of anilines is 2. The fourth-order valence-electron chi connectivity index (χ4n) is 3.02. The first-order valence-corrected chi connectivity index (χ1v) is 9.80. The third-order valence-corrected chi connectivity index (χ3v) is 5.35. The van der Waals surface area contributed by atoms with Crippen LogP contribution in [0.15, 0.2) is 42.5 Å². The zero-order chi connectivity index (χ0) is 18.0. The van der Waals surface area contributed by atoms with Crippen molar-refractivity contribution in [2.24, 2.45) is 0 Å². The predicted octanol–water partition coefficient (Wildman–Crippen LogP) is 2.66. The van der Waals surface area contributed by atoms with Gasteiger partial charge in [-0.25, -0.2) is 8.42 Å². The Labute approximate surface area is 147 Å². The molecule has 0 atom stereocenters. The molecule has 0 saturated heterocycles. The minimum atomic E-state index is -3.30. The number of para-hydroxylation sites is 1. The third kappa shape index (κ3) is 3.61. The monoisotopic (exact) mass is 360 g/mol. The van der Waals surface area contributed by atoms with Gasteiger partial charge in [-0.05, 0) is 48.7 Å². The molecule has 7 heteroatoms. The summed E-state index contributed by atoms with van der Waals surface area (Å²) in [7, 11) is -1.78. The van der Waals surface area contributed by atoms with Crippen LogP contribution in [0.3, 0.4) is 0 Å². The molecule has 2 aromatic rings. The second-order valence-electron chi connectivity index (χ2n) is 5.94. The number of ether oxygens (including phenoxy) is 1. The first-order chi connectivity index (χ1) is 11.9. The van der Waals surface area contributed by atoms with Crippen molar-refractivity contribution in [3.8, 4) is 5.75 Å². The quantitative estimate of drug-likeness (QED) is 0.909. The lowest BCUT2D eigenvalue weighted by Crippen LogP contribution is -2.34. The molecule has 1 aliphatic rings. The molecule has 2 aromatic carbocycles. The van der Waals surface area contributed by atoms with Crippen LogP contribution in [0.4, 0.5) is 11.4 Å². The van der Waals surface area contributed by atoms with Crippen LogP contribution in [-0.4, -0.2) is 34.2 Å². The smallest absolute Gasteiger partial charge is 0.259 e. The highest BCUT2D eigenvalue weighted by molar-refractivity contribution is 7.92. The topological polar surface area (TPSA) is 75.7 Å². The van der Waals surface area contributed by atoms with Gasteiger partial charge in [0.25, 0.3) is 5.91 Å². The van der Waals surface area contributed by atoms with Crippen LogP contribution in [-0.2, 0) is 16.4 Å². The summed E-state index contributed by atoms with van der Waals surface area (Å²) in [6, 6.07) is 12.3. The summed E-state index contributed by atoms with van der Waals surface area (Å²) in [6.07, 6.45) is 2.74. The Hall–Kier alpha value is -2.54. The van der Waals surface area contributed by atoms with Crippen molar-refractivity contribution in [2.75, 3.05) is 29.5 Å². The summed E-state index contributed by atoms with van der Waals surface area (Å²) in [6.45, 7) is 0.485. The minimum Gasteiger partial charge on any atom is -0.496 e. The van der Waals surface area contributed by atoms with Gasteiger partial charge in [0, 0.05) is 12.2 Å². The summed E-state index contributed by atoms with van der Waals surface area (Å²) < 4.78 is 30.4. The molecule has 0 fully saturated rings. The molecule has 132 valence electrons. The number of nitrogens with zero attached hydrogens (tertiary/aromatic N) is 1. The molecule has 0 bridgehead atoms. The van der Waals surface area contributed by atoms with Crippen molar-refractivity contribution in [2.45, 2.75) is 12.8 Å². The molecule has 3 rings (SSSR count). The lowest BCUT2D eigenvalue weighted by atomic mass is 10.0. The molecule has 1 N–H and O–H groups in total. The van der Waals surface area contributed by atoms with Gasteiger partial charge in [-0.15, -0.1) is 0 Å². The van der Waals surface area contributed by atoms with Crippen LogP contribution in [0, 0.1) is 0 Å². The van der Waals surface area contributed by atoms with E-state index in [1.165, 1.54) is 17.7 Å². The Morgan fingerprint density at radius 3 is 2.68 bits per heavy atom. The molecule has 0 saturated carbocycles. The number of fused-ring (bicyclic) bond motifs is 1. The summed E-state index contributed by atoms with van der Waals surface area (Å²) >= 11 is 0. The average molecular weight is 360 g/mol. The van der Waals surface area contributed by atoms with Gasteiger partial charge in [0.15, 0.2) is 0 Å². The van der Waals surface area contributed by atoms with E-state index in [-0.39, 0.29) is 5.91 Å². The zero-order valence-electron chi connectivity index (χ0n) is 14.2. The van der Waals surface area contributed by atoms with Gasteiger partial charge in [-0.2, -0.15) is 0 Å². The van der Waals surface area contributed by atoms with Crippen LogP contribution >= 0.6 is 0 Å². The van der Waals surface area contributed by atoms with Gasteiger partial charge in [0.1, 0.15) is 5.75 Å². The lowest BCUT2D eigenvalue weighted by molar-refractivity contribution is 0.102. The SMILES string of the molecule is COc1ccccc1C(=O)Nc1ccc2c(c1)CCCN2S(C)(=O)=O. The van der Waals surface area contributed by atoms with E-state index in [9.17, 15) is 13.2 Å². The van der Waals surface area contributed by atoms with Crippen molar-refractivity contribution < 1.29 is 17.9 Å². The van der Waals surface area contributed by atoms with E-state index in [0.29, 0.717) is 29.2 Å². The molecule has 25 heavy (non-hydrogen) atoms. The molecule has 1 amide bonds. The second-order valence-corrected chi connectivity index (χ2v) is 7.84. The van der Waals surface area contributed by atoms with Crippen molar-refractivity contribution in [1.82, 2.24) is 0 Å². The van der Waals surface area contributed by atoms with Crippen molar-refractivity contribution >= 4 is 27.3 Å². The van der Waals surface area contributed by atoms with Crippen molar-refractivity contribution in [3.63, 3.8) is 0 Å². The first kappa shape index (κ1) is 17.3. The number of hydrogen-bond acceptors (Lipinski definition) is 4. The van der Waals surface area contributed by atoms with E-state index in [2.05, 4.69) is 5.32 Å². The van der Waals surface area contributed by atoms with Gasteiger partial charge >= 0.3 is 0 Å². The molecule has 0 aromatic heterocycles. The van der Waals surface area contributed by atoms with Gasteiger partial charge in [0.2, 0.25) is 10.0 Å². The van der Waals surface area contributed by atoms with Crippen molar-refractivity contribution in [3.05, 3.63) is 53.6 Å². The number of benzene rings is 2. The lowest BCUT2D eigenvalue weighted by Gasteiger charge is -2.29. The van der Waals surface area contributed by atoms with E-state index in [1.54, 1.807) is 36.4 Å². The van der Waals surface area contributed by atoms with E-state index in [0.717, 1.165) is 18.4 Å². The largest absolute Gasteiger partial charge is 0.496 e. The maximum Gasteiger partial charge on any atom is 0.259 e. The van der Waals surface area contributed by atoms with Crippen LogP contribution in [0.5, 0.6) is 5.75 Å². The molecule has 1 aliphatic heterocycles. The van der Waals surface area contributed by atoms with Crippen LogP contribution < -0.4 is 14.4 Å². The maximum absolute atomic E-state index is 12.5. The summed E-state index contributed by atoms with van der Waals surface area (Å²) in [5, 5.41) is 2.85. The minimum absolute atomic E-state index is 0.270. The molecular weight excluding hydrogens is 340 g/mol. The summed E-state index contributed by atoms with van der Waals surface area (Å²) in [5.74, 6) is 0.231. The number of methoxy groups -OCH3 is 1. The molecule has 0 spiro atoms. The van der Waals surface area contributed by atoms with E-state index in [1.807, 2.05) is 6.07 Å². The molecule has 0 aliphatic carbocycles. The number of sulfonamides is 1. The number of amides is 1. The molecule has 1 heterocycles.